The number of halogens is 2. The minimum Gasteiger partial charge on any atom is -0.748 e. The van der Waals surface area contributed by atoms with Gasteiger partial charge in [0, 0.05) is 21.9 Å². The van der Waals surface area contributed by atoms with Crippen molar-refractivity contribution in [2.75, 3.05) is 6.61 Å². The van der Waals surface area contributed by atoms with Gasteiger partial charge >= 0.3 is 51.4 Å². The molecule has 0 spiro atoms. The van der Waals surface area contributed by atoms with Crippen LogP contribution in [-0.4, -0.2) is 38.5 Å². The van der Waals surface area contributed by atoms with Gasteiger partial charge in [-0.2, -0.15) is 8.42 Å². The van der Waals surface area contributed by atoms with E-state index in [1.54, 1.807) is 37.3 Å². The Morgan fingerprint density at radius 1 is 0.903 bits per heavy atom. The fraction of sp³-hybridized carbons (Fsp3) is 0.400. The van der Waals surface area contributed by atoms with Crippen molar-refractivity contribution in [3.63, 3.8) is 0 Å². The summed E-state index contributed by atoms with van der Waals surface area (Å²) in [4.78, 5) is 0. The predicted molar refractivity (Wildman–Crippen MR) is 115 cm³/mol. The molecule has 2 saturated carbocycles. The molecule has 4 unspecified atom stereocenters. The van der Waals surface area contributed by atoms with Gasteiger partial charge < -0.3 is 4.55 Å². The van der Waals surface area contributed by atoms with Crippen molar-refractivity contribution in [3.05, 3.63) is 69.7 Å². The van der Waals surface area contributed by atoms with E-state index in [0.717, 1.165) is 11.1 Å². The van der Waals surface area contributed by atoms with Crippen LogP contribution in [0.3, 0.4) is 0 Å². The van der Waals surface area contributed by atoms with E-state index in [1.807, 2.05) is 18.2 Å². The molecule has 0 aromatic heterocycles. The van der Waals surface area contributed by atoms with Crippen LogP contribution < -0.4 is 51.4 Å². The zero-order chi connectivity index (χ0) is 22.1. The minimum absolute atomic E-state index is 0. The Balaban J connectivity index is 0.000000215. The monoisotopic (exact) mass is 530 g/mol. The smallest absolute Gasteiger partial charge is 0.748 e. The van der Waals surface area contributed by atoms with Crippen LogP contribution in [0.4, 0.5) is 0 Å². The summed E-state index contributed by atoms with van der Waals surface area (Å²) in [6.45, 7) is 1.87. The maximum absolute atomic E-state index is 11.6. The van der Waals surface area contributed by atoms with Gasteiger partial charge in [0.1, 0.15) is 0 Å². The average Bonchev–Trinajstić information content (AvgIpc) is 3.54. The van der Waals surface area contributed by atoms with Crippen LogP contribution in [0.1, 0.15) is 42.7 Å². The molecule has 2 aromatic carbocycles. The molecule has 0 bridgehead atoms. The quantitative estimate of drug-likeness (QED) is 0.317. The molecule has 0 heterocycles. The van der Waals surface area contributed by atoms with Crippen LogP contribution in [0.15, 0.2) is 48.5 Å². The van der Waals surface area contributed by atoms with Crippen LogP contribution in [-0.2, 0) is 24.4 Å². The third kappa shape index (κ3) is 7.75. The summed E-state index contributed by atoms with van der Waals surface area (Å²) >= 11 is 11.6. The first-order valence-electron chi connectivity index (χ1n) is 9.36. The maximum Gasteiger partial charge on any atom is 1.00 e. The second-order valence-electron chi connectivity index (χ2n) is 7.26. The third-order valence-corrected chi connectivity index (χ3v) is 8.60. The summed E-state index contributed by atoms with van der Waals surface area (Å²) in [5, 5.41) is 0.0558. The fourth-order valence-electron chi connectivity index (χ4n) is 3.41. The second-order valence-corrected chi connectivity index (χ2v) is 11.6. The van der Waals surface area contributed by atoms with Crippen molar-refractivity contribution >= 4 is 43.4 Å². The van der Waals surface area contributed by atoms with E-state index >= 15 is 0 Å². The zero-order valence-electron chi connectivity index (χ0n) is 17.1. The molecule has 164 valence electrons. The van der Waals surface area contributed by atoms with Gasteiger partial charge in [0.2, 0.25) is 0 Å². The van der Waals surface area contributed by atoms with Crippen molar-refractivity contribution < 1.29 is 77.0 Å². The largest absolute Gasteiger partial charge is 1.00 e. The van der Waals surface area contributed by atoms with E-state index in [-0.39, 0.29) is 69.8 Å². The van der Waals surface area contributed by atoms with E-state index in [1.165, 1.54) is 0 Å². The molecule has 0 aliphatic heterocycles. The number of hydrogen-bond donors (Lipinski definition) is 0. The second kappa shape index (κ2) is 11.3. The van der Waals surface area contributed by atoms with Gasteiger partial charge in [-0.3, -0.25) is 4.18 Å². The van der Waals surface area contributed by atoms with E-state index in [0.29, 0.717) is 22.9 Å². The molecule has 4 rings (SSSR count). The SMILES string of the molecule is CCOS(=O)(=O)C1CC1c1cccc(Cl)c1.O=S(=O)([O-])C1CC1c1cccc(Cl)c1.[K+]. The normalized spacial score (nSPS) is 24.4. The fourth-order valence-corrected chi connectivity index (χ4v) is 6.31. The maximum atomic E-state index is 11.6. The van der Waals surface area contributed by atoms with Gasteiger partial charge in [-0.15, -0.1) is 0 Å². The average molecular weight is 532 g/mol. The Hall–Kier alpha value is 0.476. The van der Waals surface area contributed by atoms with E-state index in [2.05, 4.69) is 0 Å². The first-order valence-corrected chi connectivity index (χ1v) is 13.1. The van der Waals surface area contributed by atoms with Crippen molar-refractivity contribution in [1.29, 1.82) is 0 Å². The number of rotatable bonds is 6. The molecule has 6 nitrogen and oxygen atoms in total. The Morgan fingerprint density at radius 3 is 1.74 bits per heavy atom. The van der Waals surface area contributed by atoms with E-state index in [9.17, 15) is 21.4 Å². The summed E-state index contributed by atoms with van der Waals surface area (Å²) in [6, 6.07) is 14.3. The van der Waals surface area contributed by atoms with Gasteiger partial charge in [-0.05, 0) is 55.2 Å². The summed E-state index contributed by atoms with van der Waals surface area (Å²) in [6.07, 6.45) is 1.05. The Labute approximate surface area is 236 Å². The van der Waals surface area contributed by atoms with Gasteiger partial charge in [0.05, 0.1) is 27.2 Å². The third-order valence-electron chi connectivity index (χ3n) is 5.04. The molecular weight excluding hydrogens is 510 g/mol. The molecule has 2 aromatic rings. The topological polar surface area (TPSA) is 101 Å². The van der Waals surface area contributed by atoms with E-state index in [4.69, 9.17) is 27.4 Å². The molecule has 0 saturated heterocycles. The Bertz CT molecular complexity index is 1120. The molecule has 2 aliphatic carbocycles. The summed E-state index contributed by atoms with van der Waals surface area (Å²) in [7, 11) is -7.52. The van der Waals surface area contributed by atoms with Crippen LogP contribution in [0.5, 0.6) is 0 Å². The van der Waals surface area contributed by atoms with Gasteiger partial charge in [0.15, 0.2) is 0 Å². The first kappa shape index (κ1) is 27.7. The molecule has 2 fully saturated rings. The van der Waals surface area contributed by atoms with Crippen molar-refractivity contribution in [3.8, 4) is 0 Å². The summed E-state index contributed by atoms with van der Waals surface area (Å²) < 4.78 is 60.0. The van der Waals surface area contributed by atoms with Crippen LogP contribution in [0.25, 0.3) is 0 Å². The molecule has 2 aliphatic rings. The number of hydrogen-bond acceptors (Lipinski definition) is 6. The molecule has 0 amide bonds. The molecular formula is C20H21Cl2KO6S2. The summed E-state index contributed by atoms with van der Waals surface area (Å²) in [5.41, 5.74) is 1.81. The Morgan fingerprint density at radius 2 is 1.35 bits per heavy atom. The molecule has 11 heteroatoms. The molecule has 31 heavy (non-hydrogen) atoms. The zero-order valence-corrected chi connectivity index (χ0v) is 23.3. The van der Waals surface area contributed by atoms with E-state index < -0.39 is 30.7 Å². The van der Waals surface area contributed by atoms with Crippen LogP contribution in [0, 0.1) is 0 Å². The van der Waals surface area contributed by atoms with Crippen LogP contribution in [0.2, 0.25) is 10.0 Å². The minimum atomic E-state index is -4.13. The predicted octanol–water partition coefficient (Wildman–Crippen LogP) is 1.31. The van der Waals surface area contributed by atoms with Crippen LogP contribution >= 0.6 is 23.2 Å². The number of benzene rings is 2. The molecule has 0 radical (unpaired) electrons. The van der Waals surface area contributed by atoms with Gasteiger partial charge in [0.25, 0.3) is 10.1 Å². The first-order chi connectivity index (χ1) is 14.0. The standard InChI is InChI=1S/C11H13ClO3S.C9H9ClO3S.K/c1-2-15-16(13,14)11-7-10(11)8-4-3-5-9(12)6-8;10-7-3-1-2-6(4-7)8-5-9(8)14(11,12)13;/h3-6,10-11H,2,7H2,1H3;1-4,8-9H,5H2,(H,11,12,13);/q;;+1/p-1. The summed E-state index contributed by atoms with van der Waals surface area (Å²) in [5.74, 6) is -0.119. The molecule has 4 atom stereocenters. The van der Waals surface area contributed by atoms with Crippen molar-refractivity contribution in [1.82, 2.24) is 0 Å². The van der Waals surface area contributed by atoms with Crippen molar-refractivity contribution in [2.45, 2.75) is 42.1 Å². The van der Waals surface area contributed by atoms with Gasteiger partial charge in [-0.25, -0.2) is 8.42 Å². The Kier molecular flexibility index (Phi) is 10.1. The van der Waals surface area contributed by atoms with Crippen molar-refractivity contribution in [2.24, 2.45) is 0 Å². The van der Waals surface area contributed by atoms with Gasteiger partial charge in [-0.1, -0.05) is 47.5 Å². The molecule has 0 N–H and O–H groups in total.